The average molecular weight is 298 g/mol. The minimum Gasteiger partial charge on any atom is -0.353 e. The summed E-state index contributed by atoms with van der Waals surface area (Å²) in [6.07, 6.45) is 5.84. The molecule has 2 aromatic rings. The lowest BCUT2D eigenvalue weighted by atomic mass is 10.1. The number of nitrogens with zero attached hydrogens (tertiary/aromatic N) is 3. The SMILES string of the molecule is C[C@@H](NC(=O)N1CCC[C@H]1c1cccn1C)c1ccccn1. The van der Waals surface area contributed by atoms with Crippen molar-refractivity contribution in [2.75, 3.05) is 6.54 Å². The molecule has 0 aromatic carbocycles. The fourth-order valence-electron chi connectivity index (χ4n) is 3.11. The Morgan fingerprint density at radius 1 is 1.36 bits per heavy atom. The zero-order chi connectivity index (χ0) is 15.5. The number of carbonyl (C=O) groups is 1. The van der Waals surface area contributed by atoms with Gasteiger partial charge in [-0.25, -0.2) is 4.79 Å². The fourth-order valence-corrected chi connectivity index (χ4v) is 3.11. The molecule has 5 nitrogen and oxygen atoms in total. The van der Waals surface area contributed by atoms with Gasteiger partial charge in [0.2, 0.25) is 0 Å². The molecule has 0 unspecified atom stereocenters. The smallest absolute Gasteiger partial charge is 0.318 e. The number of urea groups is 1. The van der Waals surface area contributed by atoms with Crippen molar-refractivity contribution in [3.63, 3.8) is 0 Å². The lowest BCUT2D eigenvalue weighted by Crippen LogP contribution is -2.41. The van der Waals surface area contributed by atoms with Gasteiger partial charge in [0.1, 0.15) is 0 Å². The highest BCUT2D eigenvalue weighted by atomic mass is 16.2. The van der Waals surface area contributed by atoms with Gasteiger partial charge in [0, 0.05) is 31.7 Å². The number of hydrogen-bond acceptors (Lipinski definition) is 2. The van der Waals surface area contributed by atoms with Crippen molar-refractivity contribution in [3.05, 3.63) is 54.1 Å². The van der Waals surface area contributed by atoms with Crippen LogP contribution in [0.4, 0.5) is 4.79 Å². The molecular formula is C17H22N4O. The number of aryl methyl sites for hydroxylation is 1. The molecule has 3 heterocycles. The first-order valence-electron chi connectivity index (χ1n) is 7.76. The predicted octanol–water partition coefficient (Wildman–Crippen LogP) is 3.03. The van der Waals surface area contributed by atoms with Gasteiger partial charge < -0.3 is 14.8 Å². The lowest BCUT2D eigenvalue weighted by molar-refractivity contribution is 0.188. The maximum Gasteiger partial charge on any atom is 0.318 e. The standard InChI is InChI=1S/C17H22N4O/c1-13(14-7-3-4-10-18-14)19-17(22)21-12-6-9-16(21)15-8-5-11-20(15)2/h3-5,7-8,10-11,13,16H,6,9,12H2,1-2H3,(H,19,22)/t13-,16+/m1/s1. The highest BCUT2D eigenvalue weighted by molar-refractivity contribution is 5.75. The highest BCUT2D eigenvalue weighted by Gasteiger charge is 2.31. The number of carbonyl (C=O) groups excluding carboxylic acids is 1. The van der Waals surface area contributed by atoms with E-state index in [-0.39, 0.29) is 18.1 Å². The van der Waals surface area contributed by atoms with Crippen molar-refractivity contribution < 1.29 is 4.79 Å². The van der Waals surface area contributed by atoms with E-state index in [2.05, 4.69) is 20.9 Å². The van der Waals surface area contributed by atoms with Gasteiger partial charge in [-0.1, -0.05) is 6.07 Å². The van der Waals surface area contributed by atoms with Crippen LogP contribution in [-0.4, -0.2) is 27.0 Å². The maximum absolute atomic E-state index is 12.6. The third-order valence-corrected chi connectivity index (χ3v) is 4.31. The van der Waals surface area contributed by atoms with Gasteiger partial charge in [0.15, 0.2) is 0 Å². The van der Waals surface area contributed by atoms with Crippen LogP contribution < -0.4 is 5.32 Å². The largest absolute Gasteiger partial charge is 0.353 e. The molecule has 1 aliphatic rings. The summed E-state index contributed by atoms with van der Waals surface area (Å²) in [6.45, 7) is 2.77. The summed E-state index contributed by atoms with van der Waals surface area (Å²) in [5, 5.41) is 3.06. The second-order valence-electron chi connectivity index (χ2n) is 5.82. The number of likely N-dealkylation sites (tertiary alicyclic amines) is 1. The molecule has 1 fully saturated rings. The van der Waals surface area contributed by atoms with Crippen molar-refractivity contribution in [1.29, 1.82) is 0 Å². The molecule has 2 atom stereocenters. The molecule has 3 rings (SSSR count). The van der Waals surface area contributed by atoms with Crippen LogP contribution in [-0.2, 0) is 7.05 Å². The maximum atomic E-state index is 12.6. The summed E-state index contributed by atoms with van der Waals surface area (Å²) in [5.41, 5.74) is 2.07. The summed E-state index contributed by atoms with van der Waals surface area (Å²) >= 11 is 0. The Hall–Kier alpha value is -2.30. The highest BCUT2D eigenvalue weighted by Crippen LogP contribution is 2.32. The summed E-state index contributed by atoms with van der Waals surface area (Å²) in [6, 6.07) is 9.93. The van der Waals surface area contributed by atoms with Crippen LogP contribution in [0.25, 0.3) is 0 Å². The Morgan fingerprint density at radius 3 is 2.91 bits per heavy atom. The topological polar surface area (TPSA) is 50.2 Å². The minimum atomic E-state index is -0.0941. The van der Waals surface area contributed by atoms with E-state index in [0.29, 0.717) is 0 Å². The van der Waals surface area contributed by atoms with Gasteiger partial charge in [-0.15, -0.1) is 0 Å². The molecule has 0 bridgehead atoms. The molecule has 0 saturated carbocycles. The Balaban J connectivity index is 1.70. The minimum absolute atomic E-state index is 0.0122. The zero-order valence-electron chi connectivity index (χ0n) is 13.1. The Labute approximate surface area is 131 Å². The number of aromatic nitrogens is 2. The second kappa shape index (κ2) is 6.22. The van der Waals surface area contributed by atoms with E-state index < -0.39 is 0 Å². The summed E-state index contributed by atoms with van der Waals surface area (Å²) in [5.74, 6) is 0. The van der Waals surface area contributed by atoms with Gasteiger partial charge in [0.05, 0.1) is 17.8 Å². The number of rotatable bonds is 3. The molecule has 0 aliphatic carbocycles. The Kier molecular flexibility index (Phi) is 4.13. The second-order valence-corrected chi connectivity index (χ2v) is 5.82. The van der Waals surface area contributed by atoms with Gasteiger partial charge in [-0.2, -0.15) is 0 Å². The molecule has 116 valence electrons. The summed E-state index contributed by atoms with van der Waals surface area (Å²) in [4.78, 5) is 18.9. The number of pyridine rings is 1. The van der Waals surface area contributed by atoms with E-state index in [1.54, 1.807) is 6.20 Å². The first-order valence-corrected chi connectivity index (χ1v) is 7.76. The number of nitrogens with one attached hydrogen (secondary N) is 1. The van der Waals surface area contributed by atoms with Crippen LogP contribution in [0.3, 0.4) is 0 Å². The van der Waals surface area contributed by atoms with Crippen LogP contribution in [0, 0.1) is 0 Å². The third-order valence-electron chi connectivity index (χ3n) is 4.31. The monoisotopic (exact) mass is 298 g/mol. The molecule has 0 radical (unpaired) electrons. The van der Waals surface area contributed by atoms with Crippen LogP contribution in [0.5, 0.6) is 0 Å². The molecule has 0 spiro atoms. The van der Waals surface area contributed by atoms with E-state index in [9.17, 15) is 4.79 Å². The van der Waals surface area contributed by atoms with Crippen molar-refractivity contribution >= 4 is 6.03 Å². The van der Waals surface area contributed by atoms with Crippen LogP contribution >= 0.6 is 0 Å². The normalized spacial score (nSPS) is 19.2. The number of amides is 2. The van der Waals surface area contributed by atoms with Crippen LogP contribution in [0.1, 0.15) is 43.2 Å². The molecule has 1 aliphatic heterocycles. The van der Waals surface area contributed by atoms with E-state index in [1.165, 1.54) is 5.69 Å². The Bertz CT molecular complexity index is 637. The molecule has 5 heteroatoms. The van der Waals surface area contributed by atoms with Crippen molar-refractivity contribution in [2.24, 2.45) is 7.05 Å². The van der Waals surface area contributed by atoms with Crippen LogP contribution in [0.15, 0.2) is 42.7 Å². The number of hydrogen-bond donors (Lipinski definition) is 1. The van der Waals surface area contributed by atoms with Crippen LogP contribution in [0.2, 0.25) is 0 Å². The summed E-state index contributed by atoms with van der Waals surface area (Å²) < 4.78 is 2.10. The van der Waals surface area contributed by atoms with Gasteiger partial charge >= 0.3 is 6.03 Å². The predicted molar refractivity (Wildman–Crippen MR) is 85.3 cm³/mol. The van der Waals surface area contributed by atoms with Gasteiger partial charge in [0.25, 0.3) is 0 Å². The molecule has 2 amide bonds. The van der Waals surface area contributed by atoms with E-state index in [1.807, 2.05) is 49.3 Å². The van der Waals surface area contributed by atoms with Gasteiger partial charge in [-0.05, 0) is 44.0 Å². The first-order chi connectivity index (χ1) is 10.7. The van der Waals surface area contributed by atoms with E-state index >= 15 is 0 Å². The van der Waals surface area contributed by atoms with Crippen molar-refractivity contribution in [2.45, 2.75) is 31.8 Å². The van der Waals surface area contributed by atoms with E-state index in [0.717, 1.165) is 25.1 Å². The molecule has 2 aromatic heterocycles. The quantitative estimate of drug-likeness (QED) is 0.947. The lowest BCUT2D eigenvalue weighted by Gasteiger charge is -2.27. The fraction of sp³-hybridized carbons (Fsp3) is 0.412. The molecule has 1 saturated heterocycles. The molecular weight excluding hydrogens is 276 g/mol. The Morgan fingerprint density at radius 2 is 2.23 bits per heavy atom. The zero-order valence-corrected chi connectivity index (χ0v) is 13.1. The van der Waals surface area contributed by atoms with E-state index in [4.69, 9.17) is 0 Å². The molecule has 1 N–H and O–H groups in total. The average Bonchev–Trinajstić information content (AvgIpc) is 3.16. The van der Waals surface area contributed by atoms with Crippen molar-refractivity contribution in [1.82, 2.24) is 19.8 Å². The first kappa shape index (κ1) is 14.6. The van der Waals surface area contributed by atoms with Crippen molar-refractivity contribution in [3.8, 4) is 0 Å². The molecule has 22 heavy (non-hydrogen) atoms. The van der Waals surface area contributed by atoms with Gasteiger partial charge in [-0.3, -0.25) is 4.98 Å². The summed E-state index contributed by atoms with van der Waals surface area (Å²) in [7, 11) is 2.03. The third kappa shape index (κ3) is 2.84.